The topological polar surface area (TPSA) is 49.3 Å². The molecular weight excluding hydrogens is 387 g/mol. The zero-order valence-electron chi connectivity index (χ0n) is 16.6. The number of hydrogen-bond donors (Lipinski definition) is 2. The molecule has 0 fully saturated rings. The molecule has 0 saturated carbocycles. The molecule has 0 radical (unpaired) electrons. The summed E-state index contributed by atoms with van der Waals surface area (Å²) in [5.41, 5.74) is 3.11. The number of nitrogens with zero attached hydrogens (tertiary/aromatic N) is 2. The fraction of sp³-hybridized carbons (Fsp3) is 0.318. The summed E-state index contributed by atoms with van der Waals surface area (Å²) in [5.74, 6) is -0.327. The summed E-state index contributed by atoms with van der Waals surface area (Å²) < 4.78 is 15.2. The highest BCUT2D eigenvalue weighted by molar-refractivity contribution is 7.15. The number of thiophene rings is 1. The van der Waals surface area contributed by atoms with Gasteiger partial charge in [-0.15, -0.1) is 11.3 Å². The average Bonchev–Trinajstić information content (AvgIpc) is 3.36. The lowest BCUT2D eigenvalue weighted by atomic mass is 9.98. The molecule has 1 aliphatic heterocycles. The summed E-state index contributed by atoms with van der Waals surface area (Å²) in [5, 5.41) is 7.00. The fourth-order valence-corrected chi connectivity index (χ4v) is 5.27. The summed E-state index contributed by atoms with van der Waals surface area (Å²) >= 11 is 1.81. The van der Waals surface area contributed by atoms with E-state index in [0.717, 1.165) is 31.1 Å². The van der Waals surface area contributed by atoms with Crippen LogP contribution in [0.5, 0.6) is 0 Å². The van der Waals surface area contributed by atoms with Crippen molar-refractivity contribution in [2.45, 2.75) is 32.9 Å². The number of nitrogens with one attached hydrogen (secondary N) is 2. The van der Waals surface area contributed by atoms with E-state index in [2.05, 4.69) is 27.0 Å². The first-order chi connectivity index (χ1) is 14.0. The molecule has 2 N–H and O–H groups in total. The van der Waals surface area contributed by atoms with E-state index in [1.54, 1.807) is 12.1 Å². The summed E-state index contributed by atoms with van der Waals surface area (Å²) in [6.45, 7) is 7.24. The first kappa shape index (κ1) is 19.7. The molecule has 3 heterocycles. The van der Waals surface area contributed by atoms with Crippen molar-refractivity contribution in [1.29, 1.82) is 0 Å². The van der Waals surface area contributed by atoms with Crippen LogP contribution in [0.3, 0.4) is 0 Å². The lowest BCUT2D eigenvalue weighted by molar-refractivity contribution is 0.249. The van der Waals surface area contributed by atoms with Crippen LogP contribution < -0.4 is 10.6 Å². The maximum absolute atomic E-state index is 13.1. The Hall–Kier alpha value is -2.64. The van der Waals surface area contributed by atoms with E-state index >= 15 is 0 Å². The minimum Gasteiger partial charge on any atom is -0.331 e. The van der Waals surface area contributed by atoms with Crippen LogP contribution in [-0.4, -0.2) is 28.6 Å². The molecule has 4 rings (SSSR count). The number of fused-ring (bicyclic) bond motifs is 1. The molecule has 3 aromatic rings. The van der Waals surface area contributed by atoms with Gasteiger partial charge in [-0.3, -0.25) is 4.90 Å². The van der Waals surface area contributed by atoms with Gasteiger partial charge in [-0.25, -0.2) is 9.18 Å². The van der Waals surface area contributed by atoms with Gasteiger partial charge in [-0.2, -0.15) is 0 Å². The maximum Gasteiger partial charge on any atom is 0.319 e. The minimum absolute atomic E-state index is 0.152. The van der Waals surface area contributed by atoms with E-state index in [9.17, 15) is 9.18 Å². The van der Waals surface area contributed by atoms with Gasteiger partial charge in [0.2, 0.25) is 0 Å². The molecule has 0 aliphatic carbocycles. The Bertz CT molecular complexity index is 981. The Labute approximate surface area is 174 Å². The van der Waals surface area contributed by atoms with Crippen molar-refractivity contribution in [3.8, 4) is 5.00 Å². The molecular formula is C22H25FN4OS. The predicted molar refractivity (Wildman–Crippen MR) is 115 cm³/mol. The van der Waals surface area contributed by atoms with Gasteiger partial charge in [0.15, 0.2) is 0 Å². The van der Waals surface area contributed by atoms with E-state index in [1.165, 1.54) is 28.1 Å². The highest BCUT2D eigenvalue weighted by Crippen LogP contribution is 2.39. The Morgan fingerprint density at radius 1 is 1.24 bits per heavy atom. The summed E-state index contributed by atoms with van der Waals surface area (Å²) in [7, 11) is 0. The number of likely N-dealkylation sites (N-methyl/N-ethyl adjacent to an activating group) is 1. The van der Waals surface area contributed by atoms with Gasteiger partial charge in [-0.05, 0) is 61.9 Å². The third kappa shape index (κ3) is 4.21. The maximum atomic E-state index is 13.1. The van der Waals surface area contributed by atoms with Crippen molar-refractivity contribution in [1.82, 2.24) is 14.8 Å². The lowest BCUT2D eigenvalue weighted by Gasteiger charge is -2.26. The summed E-state index contributed by atoms with van der Waals surface area (Å²) in [6, 6.07) is 9.35. The van der Waals surface area contributed by atoms with Gasteiger partial charge in [0.1, 0.15) is 10.8 Å². The van der Waals surface area contributed by atoms with Gasteiger partial charge < -0.3 is 15.2 Å². The quantitative estimate of drug-likeness (QED) is 0.624. The molecule has 2 aromatic heterocycles. The molecule has 0 unspecified atom stereocenters. The van der Waals surface area contributed by atoms with Crippen LogP contribution in [0, 0.1) is 5.82 Å². The number of carbonyl (C=O) groups excluding carboxylic acids is 1. The monoisotopic (exact) mass is 412 g/mol. The second-order valence-corrected chi connectivity index (χ2v) is 8.34. The van der Waals surface area contributed by atoms with E-state index in [-0.39, 0.29) is 17.9 Å². The van der Waals surface area contributed by atoms with Crippen LogP contribution in [0.1, 0.15) is 35.9 Å². The molecule has 29 heavy (non-hydrogen) atoms. The number of rotatable bonds is 5. The third-order valence-electron chi connectivity index (χ3n) is 5.33. The summed E-state index contributed by atoms with van der Waals surface area (Å²) in [6.07, 6.45) is 5.08. The number of hydrogen-bond acceptors (Lipinski definition) is 3. The van der Waals surface area contributed by atoms with Crippen LogP contribution in [0.4, 0.5) is 14.9 Å². The van der Waals surface area contributed by atoms with Crippen molar-refractivity contribution in [3.05, 3.63) is 70.6 Å². The van der Waals surface area contributed by atoms with E-state index in [0.29, 0.717) is 5.69 Å². The third-order valence-corrected chi connectivity index (χ3v) is 6.57. The molecule has 1 aromatic carbocycles. The van der Waals surface area contributed by atoms with Gasteiger partial charge in [0, 0.05) is 41.6 Å². The normalized spacial score (nSPS) is 15.0. The molecule has 7 heteroatoms. The van der Waals surface area contributed by atoms with Crippen LogP contribution in [0.15, 0.2) is 48.8 Å². The van der Waals surface area contributed by atoms with Crippen molar-refractivity contribution in [2.75, 3.05) is 18.4 Å². The number of benzene rings is 1. The van der Waals surface area contributed by atoms with Crippen molar-refractivity contribution >= 4 is 23.1 Å². The van der Waals surface area contributed by atoms with Gasteiger partial charge in [-0.1, -0.05) is 6.92 Å². The molecule has 5 nitrogen and oxygen atoms in total. The van der Waals surface area contributed by atoms with Gasteiger partial charge >= 0.3 is 6.03 Å². The highest BCUT2D eigenvalue weighted by Gasteiger charge is 2.27. The summed E-state index contributed by atoms with van der Waals surface area (Å²) in [4.78, 5) is 16.4. The number of aromatic nitrogens is 1. The second-order valence-electron chi connectivity index (χ2n) is 7.26. The highest BCUT2D eigenvalue weighted by atomic mass is 32.1. The SMILES string of the molecule is CCN1CCc2c(sc(-n3cccc3)c2[C@H](C)NC(=O)Nc2ccc(F)cc2)C1. The largest absolute Gasteiger partial charge is 0.331 e. The van der Waals surface area contributed by atoms with Crippen molar-refractivity contribution in [3.63, 3.8) is 0 Å². The van der Waals surface area contributed by atoms with Crippen LogP contribution >= 0.6 is 11.3 Å². The predicted octanol–water partition coefficient (Wildman–Crippen LogP) is 4.94. The number of anilines is 1. The Kier molecular flexibility index (Phi) is 5.69. The van der Waals surface area contributed by atoms with Gasteiger partial charge in [0.25, 0.3) is 0 Å². The van der Waals surface area contributed by atoms with Crippen LogP contribution in [-0.2, 0) is 13.0 Å². The Balaban J connectivity index is 1.58. The molecule has 0 spiro atoms. The molecule has 0 saturated heterocycles. The van der Waals surface area contributed by atoms with Crippen molar-refractivity contribution < 1.29 is 9.18 Å². The van der Waals surface area contributed by atoms with E-state index in [4.69, 9.17) is 0 Å². The molecule has 1 atom stereocenters. The zero-order chi connectivity index (χ0) is 20.4. The van der Waals surface area contributed by atoms with Crippen molar-refractivity contribution in [2.24, 2.45) is 0 Å². The fourth-order valence-electron chi connectivity index (χ4n) is 3.81. The first-order valence-corrected chi connectivity index (χ1v) is 10.7. The number of carbonyl (C=O) groups is 1. The van der Waals surface area contributed by atoms with Crippen LogP contribution in [0.25, 0.3) is 5.00 Å². The smallest absolute Gasteiger partial charge is 0.319 e. The van der Waals surface area contributed by atoms with E-state index in [1.807, 2.05) is 42.8 Å². The average molecular weight is 413 g/mol. The number of amides is 2. The Morgan fingerprint density at radius 2 is 1.97 bits per heavy atom. The minimum atomic E-state index is -0.327. The molecule has 0 bridgehead atoms. The standard InChI is InChI=1S/C22H25FN4OS/c1-3-26-13-10-18-19(14-26)29-21(27-11-4-5-12-27)20(18)15(2)24-22(28)25-17-8-6-16(23)7-9-17/h4-9,11-12,15H,3,10,13-14H2,1-2H3,(H2,24,25,28)/t15-/m0/s1. The second kappa shape index (κ2) is 8.39. The zero-order valence-corrected chi connectivity index (χ0v) is 17.4. The Morgan fingerprint density at radius 3 is 2.66 bits per heavy atom. The molecule has 1 aliphatic rings. The number of urea groups is 1. The number of halogens is 1. The van der Waals surface area contributed by atoms with E-state index < -0.39 is 0 Å². The molecule has 152 valence electrons. The first-order valence-electron chi connectivity index (χ1n) is 9.88. The lowest BCUT2D eigenvalue weighted by Crippen LogP contribution is -2.33. The van der Waals surface area contributed by atoms with Crippen LogP contribution in [0.2, 0.25) is 0 Å². The van der Waals surface area contributed by atoms with Gasteiger partial charge in [0.05, 0.1) is 6.04 Å². The molecule has 2 amide bonds.